The van der Waals surface area contributed by atoms with Gasteiger partial charge in [0, 0.05) is 24.9 Å². The number of anilines is 1. The topological polar surface area (TPSA) is 74.8 Å². The van der Waals surface area contributed by atoms with E-state index in [1.165, 1.54) is 0 Å². The predicted octanol–water partition coefficient (Wildman–Crippen LogP) is 1.01. The van der Waals surface area contributed by atoms with Crippen LogP contribution in [0.2, 0.25) is 0 Å². The molecule has 0 aromatic carbocycles. The Labute approximate surface area is 87.4 Å². The maximum absolute atomic E-state index is 11.5. The SMILES string of the molecule is CNc1cc2cc[nH]c2nc1S(C)(=O)=O. The van der Waals surface area contributed by atoms with Gasteiger partial charge in [-0.3, -0.25) is 0 Å². The first-order chi connectivity index (χ1) is 7.02. The fourth-order valence-corrected chi connectivity index (χ4v) is 2.24. The van der Waals surface area contributed by atoms with Crippen LogP contribution in [-0.2, 0) is 9.84 Å². The van der Waals surface area contributed by atoms with E-state index in [1.54, 1.807) is 19.3 Å². The highest BCUT2D eigenvalue weighted by atomic mass is 32.2. The molecule has 0 aliphatic heterocycles. The number of fused-ring (bicyclic) bond motifs is 1. The average Bonchev–Trinajstić information content (AvgIpc) is 2.60. The van der Waals surface area contributed by atoms with E-state index in [0.717, 1.165) is 11.6 Å². The van der Waals surface area contributed by atoms with Crippen LogP contribution in [0, 0.1) is 0 Å². The second-order valence-corrected chi connectivity index (χ2v) is 5.21. The summed E-state index contributed by atoms with van der Waals surface area (Å²) in [6.45, 7) is 0. The highest BCUT2D eigenvalue weighted by Crippen LogP contribution is 2.23. The van der Waals surface area contributed by atoms with Crippen LogP contribution in [0.4, 0.5) is 5.69 Å². The van der Waals surface area contributed by atoms with Gasteiger partial charge in [-0.15, -0.1) is 0 Å². The Balaban J connectivity index is 2.81. The maximum atomic E-state index is 11.5. The standard InChI is InChI=1S/C9H11N3O2S/c1-10-7-5-6-3-4-11-8(6)12-9(7)15(2,13)14/h3-5,10H,1-2H3,(H,11,12). The molecule has 0 saturated heterocycles. The molecule has 0 radical (unpaired) electrons. The molecular weight excluding hydrogens is 214 g/mol. The van der Waals surface area contributed by atoms with Gasteiger partial charge in [0.15, 0.2) is 14.9 Å². The Morgan fingerprint density at radius 1 is 1.47 bits per heavy atom. The van der Waals surface area contributed by atoms with E-state index in [2.05, 4.69) is 15.3 Å². The van der Waals surface area contributed by atoms with Crippen LogP contribution in [-0.4, -0.2) is 31.7 Å². The van der Waals surface area contributed by atoms with E-state index in [-0.39, 0.29) is 5.03 Å². The molecule has 0 aliphatic rings. The summed E-state index contributed by atoms with van der Waals surface area (Å²) in [7, 11) is -1.64. The quantitative estimate of drug-likeness (QED) is 0.799. The minimum Gasteiger partial charge on any atom is -0.386 e. The first-order valence-electron chi connectivity index (χ1n) is 4.38. The molecule has 0 bridgehead atoms. The summed E-state index contributed by atoms with van der Waals surface area (Å²) in [6.07, 6.45) is 2.87. The van der Waals surface area contributed by atoms with E-state index in [4.69, 9.17) is 0 Å². The third kappa shape index (κ3) is 1.68. The van der Waals surface area contributed by atoms with Crippen molar-refractivity contribution in [1.82, 2.24) is 9.97 Å². The lowest BCUT2D eigenvalue weighted by molar-refractivity contribution is 0.599. The molecule has 6 heteroatoms. The van der Waals surface area contributed by atoms with Crippen molar-refractivity contribution in [3.05, 3.63) is 18.3 Å². The van der Waals surface area contributed by atoms with Gasteiger partial charge in [0.2, 0.25) is 0 Å². The van der Waals surface area contributed by atoms with Gasteiger partial charge in [0.05, 0.1) is 5.69 Å². The molecule has 0 saturated carbocycles. The molecule has 2 heterocycles. The van der Waals surface area contributed by atoms with Crippen LogP contribution in [0.25, 0.3) is 11.0 Å². The number of sulfone groups is 1. The minimum absolute atomic E-state index is 0.0694. The molecule has 0 amide bonds. The van der Waals surface area contributed by atoms with Crippen molar-refractivity contribution in [2.24, 2.45) is 0 Å². The Hall–Kier alpha value is -1.56. The smallest absolute Gasteiger partial charge is 0.194 e. The van der Waals surface area contributed by atoms with E-state index in [9.17, 15) is 8.42 Å². The lowest BCUT2D eigenvalue weighted by Crippen LogP contribution is -2.05. The van der Waals surface area contributed by atoms with Crippen LogP contribution >= 0.6 is 0 Å². The molecular formula is C9H11N3O2S. The van der Waals surface area contributed by atoms with Crippen molar-refractivity contribution < 1.29 is 8.42 Å². The van der Waals surface area contributed by atoms with E-state index < -0.39 is 9.84 Å². The Bertz CT molecular complexity index is 601. The Morgan fingerprint density at radius 3 is 2.80 bits per heavy atom. The Kier molecular flexibility index (Phi) is 2.15. The summed E-state index contributed by atoms with van der Waals surface area (Å²) in [5.41, 5.74) is 1.10. The van der Waals surface area contributed by atoms with Crippen molar-refractivity contribution >= 4 is 26.6 Å². The van der Waals surface area contributed by atoms with Crippen LogP contribution < -0.4 is 5.32 Å². The summed E-state index contributed by atoms with van der Waals surface area (Å²) in [4.78, 5) is 6.95. The number of aromatic amines is 1. The first kappa shape index (κ1) is 9.97. The second kappa shape index (κ2) is 3.23. The number of nitrogens with zero attached hydrogens (tertiary/aromatic N) is 1. The van der Waals surface area contributed by atoms with E-state index in [0.29, 0.717) is 11.3 Å². The summed E-state index contributed by atoms with van der Waals surface area (Å²) < 4.78 is 22.9. The number of pyridine rings is 1. The molecule has 0 spiro atoms. The zero-order chi connectivity index (χ0) is 11.1. The highest BCUT2D eigenvalue weighted by Gasteiger charge is 2.15. The minimum atomic E-state index is -3.31. The fourth-order valence-electron chi connectivity index (χ4n) is 1.43. The number of H-pyrrole nitrogens is 1. The van der Waals surface area contributed by atoms with Crippen LogP contribution in [0.1, 0.15) is 0 Å². The molecule has 2 aromatic heterocycles. The molecule has 2 rings (SSSR count). The molecule has 15 heavy (non-hydrogen) atoms. The Morgan fingerprint density at radius 2 is 2.20 bits per heavy atom. The molecule has 0 unspecified atom stereocenters. The number of nitrogens with one attached hydrogen (secondary N) is 2. The summed E-state index contributed by atoms with van der Waals surface area (Å²) in [5, 5.41) is 3.78. The predicted molar refractivity (Wildman–Crippen MR) is 58.8 cm³/mol. The zero-order valence-corrected chi connectivity index (χ0v) is 9.22. The number of hydrogen-bond acceptors (Lipinski definition) is 4. The third-order valence-electron chi connectivity index (χ3n) is 2.12. The fraction of sp³-hybridized carbons (Fsp3) is 0.222. The van der Waals surface area contributed by atoms with Gasteiger partial charge in [-0.1, -0.05) is 0 Å². The van der Waals surface area contributed by atoms with E-state index >= 15 is 0 Å². The van der Waals surface area contributed by atoms with Crippen molar-refractivity contribution in [3.63, 3.8) is 0 Å². The number of hydrogen-bond donors (Lipinski definition) is 2. The van der Waals surface area contributed by atoms with Crippen LogP contribution in [0.5, 0.6) is 0 Å². The molecule has 80 valence electrons. The average molecular weight is 225 g/mol. The summed E-state index contributed by atoms with van der Waals surface area (Å²) >= 11 is 0. The van der Waals surface area contributed by atoms with Gasteiger partial charge < -0.3 is 10.3 Å². The van der Waals surface area contributed by atoms with Crippen molar-refractivity contribution in [3.8, 4) is 0 Å². The van der Waals surface area contributed by atoms with Gasteiger partial charge in [0.1, 0.15) is 5.65 Å². The van der Waals surface area contributed by atoms with Gasteiger partial charge in [-0.05, 0) is 12.1 Å². The third-order valence-corrected chi connectivity index (χ3v) is 3.13. The van der Waals surface area contributed by atoms with Gasteiger partial charge in [-0.2, -0.15) is 0 Å². The maximum Gasteiger partial charge on any atom is 0.194 e. The largest absolute Gasteiger partial charge is 0.386 e. The molecule has 5 nitrogen and oxygen atoms in total. The number of rotatable bonds is 2. The molecule has 0 aliphatic carbocycles. The summed E-state index contributed by atoms with van der Waals surface area (Å²) in [6, 6.07) is 3.60. The van der Waals surface area contributed by atoms with Crippen LogP contribution in [0.3, 0.4) is 0 Å². The van der Waals surface area contributed by atoms with Gasteiger partial charge >= 0.3 is 0 Å². The summed E-state index contributed by atoms with van der Waals surface area (Å²) in [5.74, 6) is 0. The second-order valence-electron chi connectivity index (χ2n) is 3.28. The highest BCUT2D eigenvalue weighted by molar-refractivity contribution is 7.90. The van der Waals surface area contributed by atoms with Gasteiger partial charge in [-0.25, -0.2) is 13.4 Å². The molecule has 2 aromatic rings. The van der Waals surface area contributed by atoms with Crippen LogP contribution in [0.15, 0.2) is 23.4 Å². The van der Waals surface area contributed by atoms with Gasteiger partial charge in [0.25, 0.3) is 0 Å². The monoisotopic (exact) mass is 225 g/mol. The van der Waals surface area contributed by atoms with Crippen molar-refractivity contribution in [1.29, 1.82) is 0 Å². The lowest BCUT2D eigenvalue weighted by atomic mass is 10.3. The number of aromatic nitrogens is 2. The molecule has 0 fully saturated rings. The molecule has 2 N–H and O–H groups in total. The van der Waals surface area contributed by atoms with Crippen molar-refractivity contribution in [2.75, 3.05) is 18.6 Å². The molecule has 0 atom stereocenters. The van der Waals surface area contributed by atoms with E-state index in [1.807, 2.05) is 6.07 Å². The lowest BCUT2D eigenvalue weighted by Gasteiger charge is -2.06. The first-order valence-corrected chi connectivity index (χ1v) is 6.27. The zero-order valence-electron chi connectivity index (χ0n) is 8.40. The van der Waals surface area contributed by atoms with Crippen molar-refractivity contribution in [2.45, 2.75) is 5.03 Å². The normalized spacial score (nSPS) is 11.9.